The zero-order valence-corrected chi connectivity index (χ0v) is 18.2. The van der Waals surface area contributed by atoms with E-state index in [1.54, 1.807) is 13.1 Å². The van der Waals surface area contributed by atoms with E-state index >= 15 is 0 Å². The Morgan fingerprint density at radius 3 is 2.29 bits per heavy atom. The van der Waals surface area contributed by atoms with Gasteiger partial charge in [0.05, 0.1) is 0 Å². The van der Waals surface area contributed by atoms with Crippen LogP contribution >= 0.6 is 0 Å². The Morgan fingerprint density at radius 1 is 0.968 bits per heavy atom. The number of likely N-dealkylation sites (tertiary alicyclic amines) is 1. The molecule has 3 aromatic rings. The molecule has 2 aromatic carbocycles. The standard InChI is InChI=1S/C22H21NO3.C3H7NO/c1-15-7-3-4-8-17(15)19-14-21(24)26-20-13-16(9-10-18(19)20)22(25)23-11-5-2-6-12-23;1-3(5)4-2/h3-4,7-10,13-14H,2,5-6,11-12H2,1H3;1-2H3,(H,4,5). The van der Waals surface area contributed by atoms with Crippen LogP contribution in [0.2, 0.25) is 0 Å². The second kappa shape index (κ2) is 10.1. The third kappa shape index (κ3) is 5.40. The van der Waals surface area contributed by atoms with Crippen molar-refractivity contribution in [2.24, 2.45) is 0 Å². The number of hydrogen-bond acceptors (Lipinski definition) is 4. The van der Waals surface area contributed by atoms with Crippen molar-refractivity contribution in [3.63, 3.8) is 0 Å². The molecule has 31 heavy (non-hydrogen) atoms. The first-order valence-corrected chi connectivity index (χ1v) is 10.5. The number of benzene rings is 2. The van der Waals surface area contributed by atoms with E-state index in [-0.39, 0.29) is 11.8 Å². The number of carbonyl (C=O) groups excluding carboxylic acids is 2. The maximum atomic E-state index is 12.7. The molecule has 4 rings (SSSR count). The van der Waals surface area contributed by atoms with Crippen molar-refractivity contribution >= 4 is 22.8 Å². The molecule has 1 aliphatic rings. The molecule has 0 saturated carbocycles. The first-order chi connectivity index (χ1) is 14.9. The Kier molecular flexibility index (Phi) is 7.23. The van der Waals surface area contributed by atoms with Gasteiger partial charge >= 0.3 is 5.63 Å². The Hall–Kier alpha value is -3.41. The van der Waals surface area contributed by atoms with E-state index in [9.17, 15) is 14.4 Å². The van der Waals surface area contributed by atoms with Gasteiger partial charge in [-0.25, -0.2) is 4.79 Å². The first kappa shape index (κ1) is 22.3. The fourth-order valence-corrected chi connectivity index (χ4v) is 3.67. The van der Waals surface area contributed by atoms with Crippen LogP contribution in [0.15, 0.2) is 57.7 Å². The lowest BCUT2D eigenvalue weighted by Gasteiger charge is -2.26. The Balaban J connectivity index is 0.000000491. The van der Waals surface area contributed by atoms with Gasteiger partial charge in [-0.2, -0.15) is 0 Å². The van der Waals surface area contributed by atoms with E-state index in [2.05, 4.69) is 5.32 Å². The number of hydrogen-bond donors (Lipinski definition) is 1. The number of aryl methyl sites for hydroxylation is 1. The summed E-state index contributed by atoms with van der Waals surface area (Å²) in [4.78, 5) is 36.4. The van der Waals surface area contributed by atoms with Crippen LogP contribution in [0.3, 0.4) is 0 Å². The number of carbonyl (C=O) groups is 2. The maximum Gasteiger partial charge on any atom is 0.336 e. The lowest BCUT2D eigenvalue weighted by atomic mass is 9.97. The van der Waals surface area contributed by atoms with Gasteiger partial charge in [0.2, 0.25) is 5.91 Å². The van der Waals surface area contributed by atoms with Crippen molar-refractivity contribution in [2.75, 3.05) is 20.1 Å². The van der Waals surface area contributed by atoms with Gasteiger partial charge in [0, 0.05) is 49.6 Å². The highest BCUT2D eigenvalue weighted by molar-refractivity contribution is 6.01. The number of fused-ring (bicyclic) bond motifs is 1. The summed E-state index contributed by atoms with van der Waals surface area (Å²) in [5.41, 5.74) is 3.56. The van der Waals surface area contributed by atoms with Gasteiger partial charge < -0.3 is 14.6 Å². The molecule has 6 heteroatoms. The molecule has 162 valence electrons. The van der Waals surface area contributed by atoms with Gasteiger partial charge in [-0.3, -0.25) is 9.59 Å². The van der Waals surface area contributed by atoms with Crippen LogP contribution in [0, 0.1) is 6.92 Å². The molecule has 2 amide bonds. The average Bonchev–Trinajstić information content (AvgIpc) is 2.79. The summed E-state index contributed by atoms with van der Waals surface area (Å²) >= 11 is 0. The van der Waals surface area contributed by atoms with Gasteiger partial charge in [0.25, 0.3) is 5.91 Å². The lowest BCUT2D eigenvalue weighted by molar-refractivity contribution is -0.118. The Labute approximate surface area is 181 Å². The first-order valence-electron chi connectivity index (χ1n) is 10.5. The molecule has 0 aliphatic carbocycles. The Morgan fingerprint density at radius 2 is 1.65 bits per heavy atom. The summed E-state index contributed by atoms with van der Waals surface area (Å²) in [6.45, 7) is 5.08. The summed E-state index contributed by atoms with van der Waals surface area (Å²) < 4.78 is 5.42. The minimum absolute atomic E-state index is 0.00463. The van der Waals surface area contributed by atoms with Crippen LogP contribution in [0.25, 0.3) is 22.1 Å². The largest absolute Gasteiger partial charge is 0.423 e. The summed E-state index contributed by atoms with van der Waals surface area (Å²) in [5, 5.41) is 3.23. The molecule has 0 unspecified atom stereocenters. The molecule has 0 spiro atoms. The third-order valence-corrected chi connectivity index (χ3v) is 5.42. The van der Waals surface area contributed by atoms with Crippen molar-refractivity contribution < 1.29 is 14.0 Å². The molecular weight excluding hydrogens is 392 g/mol. The van der Waals surface area contributed by atoms with Gasteiger partial charge in [-0.05, 0) is 55.5 Å². The summed E-state index contributed by atoms with van der Waals surface area (Å²) in [6.07, 6.45) is 3.27. The highest BCUT2D eigenvalue weighted by Crippen LogP contribution is 2.30. The molecule has 1 N–H and O–H groups in total. The van der Waals surface area contributed by atoms with E-state index in [0.29, 0.717) is 11.1 Å². The third-order valence-electron chi connectivity index (χ3n) is 5.42. The predicted molar refractivity (Wildman–Crippen MR) is 122 cm³/mol. The number of piperidine rings is 1. The minimum Gasteiger partial charge on any atom is -0.423 e. The van der Waals surface area contributed by atoms with E-state index in [0.717, 1.165) is 48.0 Å². The number of amides is 2. The van der Waals surface area contributed by atoms with Crippen molar-refractivity contribution in [3.8, 4) is 11.1 Å². The van der Waals surface area contributed by atoms with E-state index in [1.165, 1.54) is 19.4 Å². The molecule has 2 heterocycles. The van der Waals surface area contributed by atoms with E-state index in [4.69, 9.17) is 4.42 Å². The van der Waals surface area contributed by atoms with Crippen LogP contribution in [0.5, 0.6) is 0 Å². The average molecular weight is 421 g/mol. The minimum atomic E-state index is -0.404. The molecule has 6 nitrogen and oxygen atoms in total. The van der Waals surface area contributed by atoms with Crippen molar-refractivity contribution in [3.05, 3.63) is 70.1 Å². The summed E-state index contributed by atoms with van der Waals surface area (Å²) in [6, 6.07) is 14.9. The zero-order valence-electron chi connectivity index (χ0n) is 18.2. The second-order valence-electron chi connectivity index (χ2n) is 7.66. The van der Waals surface area contributed by atoms with Crippen molar-refractivity contribution in [1.82, 2.24) is 10.2 Å². The van der Waals surface area contributed by atoms with Crippen molar-refractivity contribution in [1.29, 1.82) is 0 Å². The molecule has 1 fully saturated rings. The highest BCUT2D eigenvalue weighted by Gasteiger charge is 2.19. The summed E-state index contributed by atoms with van der Waals surface area (Å²) in [7, 11) is 1.60. The number of nitrogens with one attached hydrogen (secondary N) is 1. The summed E-state index contributed by atoms with van der Waals surface area (Å²) in [5.74, 6) is 0.0144. The SMILES string of the molecule is CNC(C)=O.Cc1ccccc1-c1cc(=O)oc2cc(C(=O)N3CCCCC3)ccc12. The van der Waals surface area contributed by atoms with Gasteiger partial charge in [0.15, 0.2) is 0 Å². The quantitative estimate of drug-likeness (QED) is 0.632. The molecule has 1 aromatic heterocycles. The highest BCUT2D eigenvalue weighted by atomic mass is 16.4. The molecule has 1 aliphatic heterocycles. The molecule has 1 saturated heterocycles. The maximum absolute atomic E-state index is 12.7. The zero-order chi connectivity index (χ0) is 22.4. The predicted octanol–water partition coefficient (Wildman–Crippen LogP) is 4.15. The van der Waals surface area contributed by atoms with Gasteiger partial charge in [-0.1, -0.05) is 24.3 Å². The van der Waals surface area contributed by atoms with Crippen LogP contribution in [0.4, 0.5) is 0 Å². The molecule has 0 atom stereocenters. The normalized spacial score (nSPS) is 13.3. The second-order valence-corrected chi connectivity index (χ2v) is 7.66. The van der Waals surface area contributed by atoms with E-state index in [1.807, 2.05) is 48.2 Å². The van der Waals surface area contributed by atoms with Crippen LogP contribution in [-0.2, 0) is 4.79 Å². The fourth-order valence-electron chi connectivity index (χ4n) is 3.67. The number of nitrogens with zero attached hydrogens (tertiary/aromatic N) is 1. The van der Waals surface area contributed by atoms with Gasteiger partial charge in [0.1, 0.15) is 5.58 Å². The smallest absolute Gasteiger partial charge is 0.336 e. The Bertz CT molecular complexity index is 1140. The van der Waals surface area contributed by atoms with Crippen LogP contribution in [-0.4, -0.2) is 36.9 Å². The van der Waals surface area contributed by atoms with Crippen molar-refractivity contribution in [2.45, 2.75) is 33.1 Å². The molecular formula is C25H28N2O4. The van der Waals surface area contributed by atoms with Gasteiger partial charge in [-0.15, -0.1) is 0 Å². The van der Waals surface area contributed by atoms with Crippen LogP contribution in [0.1, 0.15) is 42.1 Å². The molecule has 0 radical (unpaired) electrons. The lowest BCUT2D eigenvalue weighted by Crippen LogP contribution is -2.35. The number of rotatable bonds is 2. The van der Waals surface area contributed by atoms with E-state index < -0.39 is 5.63 Å². The molecule has 0 bridgehead atoms. The monoisotopic (exact) mass is 420 g/mol. The topological polar surface area (TPSA) is 79.6 Å². The van der Waals surface area contributed by atoms with Crippen LogP contribution < -0.4 is 10.9 Å². The fraction of sp³-hybridized carbons (Fsp3) is 0.320.